The van der Waals surface area contributed by atoms with Crippen LogP contribution in [0.25, 0.3) is 0 Å². The van der Waals surface area contributed by atoms with Gasteiger partial charge in [0.1, 0.15) is 0 Å². The lowest BCUT2D eigenvalue weighted by molar-refractivity contribution is -0.163. The van der Waals surface area contributed by atoms with Gasteiger partial charge in [-0.25, -0.2) is 14.6 Å². The van der Waals surface area contributed by atoms with Gasteiger partial charge in [-0.05, 0) is 118 Å². The minimum absolute atomic E-state index is 0.0480. The Balaban J connectivity index is 1.34. The third kappa shape index (κ3) is 4.55. The van der Waals surface area contributed by atoms with Crippen molar-refractivity contribution in [1.29, 1.82) is 0 Å². The summed E-state index contributed by atoms with van der Waals surface area (Å²) >= 11 is 0. The second kappa shape index (κ2) is 10.3. The molecule has 8 unspecified atom stereocenters. The smallest absolute Gasteiger partial charge is 0.183 e. The van der Waals surface area contributed by atoms with Crippen LogP contribution in [-0.2, 0) is 9.53 Å². The Labute approximate surface area is 227 Å². The largest absolute Gasteiger partial charge is 0.395 e. The Kier molecular flexibility index (Phi) is 7.58. The number of carbonyl (C=O) groups excluding carboxylic acids is 1. The zero-order valence-electron chi connectivity index (χ0n) is 23.6. The van der Waals surface area contributed by atoms with E-state index in [4.69, 9.17) is 16.3 Å². The second-order valence-corrected chi connectivity index (χ2v) is 13.7. The summed E-state index contributed by atoms with van der Waals surface area (Å²) in [5, 5.41) is 1.19. The minimum atomic E-state index is -1.13. The molecule has 0 saturated heterocycles. The molecule has 38 heavy (non-hydrogen) atoms. The van der Waals surface area contributed by atoms with E-state index in [-0.39, 0.29) is 46.6 Å². The topological polar surface area (TPSA) is 81.6 Å². The molecule has 1 aromatic carbocycles. The molecule has 4 saturated carbocycles. The van der Waals surface area contributed by atoms with Crippen LogP contribution in [0.4, 0.5) is 20.2 Å². The quantitative estimate of drug-likeness (QED) is 0.239. The number of rotatable bonds is 7. The van der Waals surface area contributed by atoms with Crippen LogP contribution in [0, 0.1) is 58.0 Å². The molecule has 0 heterocycles. The van der Waals surface area contributed by atoms with E-state index in [2.05, 4.69) is 27.7 Å². The molecule has 4 N–H and O–H groups in total. The van der Waals surface area contributed by atoms with Crippen LogP contribution in [0.1, 0.15) is 85.5 Å². The zero-order chi connectivity index (χ0) is 27.4. The Morgan fingerprint density at radius 3 is 2.61 bits per heavy atom. The van der Waals surface area contributed by atoms with Crippen molar-refractivity contribution >= 4 is 17.2 Å². The molecule has 5 nitrogen and oxygen atoms in total. The van der Waals surface area contributed by atoms with Gasteiger partial charge in [0.2, 0.25) is 0 Å². The number of nitrogens with two attached hydrogens (primary N) is 2. The van der Waals surface area contributed by atoms with Gasteiger partial charge in [-0.1, -0.05) is 20.3 Å². The highest BCUT2D eigenvalue weighted by Crippen LogP contribution is 2.68. The van der Waals surface area contributed by atoms with Crippen molar-refractivity contribution in [3.05, 3.63) is 23.8 Å². The number of carbonyl (C=O) groups is 1. The van der Waals surface area contributed by atoms with Crippen molar-refractivity contribution in [2.24, 2.45) is 52.2 Å². The summed E-state index contributed by atoms with van der Waals surface area (Å²) < 4.78 is 34.0. The monoisotopic (exact) mass is 531 g/mol. The SMILES string of the molecule is CC1CCC2(COC(C)C)C(CCC3C4CCC(C(=O)CN(N)c5ccc(F)c(F)c5N)C4(C)CCC32)C1. The van der Waals surface area contributed by atoms with E-state index in [0.29, 0.717) is 17.8 Å². The molecule has 8 atom stereocenters. The number of hydrogen-bond acceptors (Lipinski definition) is 5. The number of halogens is 2. The van der Waals surface area contributed by atoms with Gasteiger partial charge >= 0.3 is 0 Å². The third-order valence-electron chi connectivity index (χ3n) is 11.4. The average Bonchev–Trinajstić information content (AvgIpc) is 3.23. The maximum Gasteiger partial charge on any atom is 0.183 e. The van der Waals surface area contributed by atoms with Crippen molar-refractivity contribution in [2.75, 3.05) is 23.9 Å². The first-order valence-electron chi connectivity index (χ1n) is 14.9. The van der Waals surface area contributed by atoms with Crippen LogP contribution >= 0.6 is 0 Å². The van der Waals surface area contributed by atoms with E-state index < -0.39 is 11.6 Å². The van der Waals surface area contributed by atoms with Gasteiger partial charge < -0.3 is 15.5 Å². The molecule has 0 aliphatic heterocycles. The highest BCUT2D eigenvalue weighted by Gasteiger charge is 2.62. The van der Waals surface area contributed by atoms with E-state index in [1.165, 1.54) is 43.2 Å². The predicted molar refractivity (Wildman–Crippen MR) is 147 cm³/mol. The van der Waals surface area contributed by atoms with Gasteiger partial charge in [-0.3, -0.25) is 4.79 Å². The lowest BCUT2D eigenvalue weighted by Crippen LogP contribution is -2.57. The highest BCUT2D eigenvalue weighted by molar-refractivity contribution is 5.87. The summed E-state index contributed by atoms with van der Waals surface area (Å²) in [5.74, 6) is 7.45. The summed E-state index contributed by atoms with van der Waals surface area (Å²) in [7, 11) is 0. The van der Waals surface area contributed by atoms with Crippen LogP contribution in [0.15, 0.2) is 12.1 Å². The van der Waals surface area contributed by atoms with Crippen LogP contribution in [0.5, 0.6) is 0 Å². The van der Waals surface area contributed by atoms with Crippen molar-refractivity contribution in [3.8, 4) is 0 Å². The zero-order valence-corrected chi connectivity index (χ0v) is 23.6. The van der Waals surface area contributed by atoms with Crippen molar-refractivity contribution < 1.29 is 18.3 Å². The van der Waals surface area contributed by atoms with Crippen molar-refractivity contribution in [2.45, 2.75) is 91.6 Å². The molecule has 0 spiro atoms. The Morgan fingerprint density at radius 1 is 1.11 bits per heavy atom. The van der Waals surface area contributed by atoms with Gasteiger partial charge in [0.05, 0.1) is 30.6 Å². The summed E-state index contributed by atoms with van der Waals surface area (Å²) in [6.45, 7) is 9.88. The lowest BCUT2D eigenvalue weighted by atomic mass is 9.44. The van der Waals surface area contributed by atoms with Gasteiger partial charge in [0.15, 0.2) is 17.4 Å². The fraction of sp³-hybridized carbons (Fsp3) is 0.774. The average molecular weight is 532 g/mol. The molecule has 212 valence electrons. The molecule has 5 rings (SSSR count). The fourth-order valence-electron chi connectivity index (χ4n) is 9.57. The molecular weight excluding hydrogens is 484 g/mol. The summed E-state index contributed by atoms with van der Waals surface area (Å²) in [4.78, 5) is 13.7. The number of benzene rings is 1. The summed E-state index contributed by atoms with van der Waals surface area (Å²) in [6, 6.07) is 2.34. The number of Topliss-reactive ketones (excluding diaryl/α,β-unsaturated/α-hetero) is 1. The van der Waals surface area contributed by atoms with Crippen molar-refractivity contribution in [3.63, 3.8) is 0 Å². The summed E-state index contributed by atoms with van der Waals surface area (Å²) in [5.41, 5.74) is 5.80. The number of ketones is 1. The first-order chi connectivity index (χ1) is 18.0. The van der Waals surface area contributed by atoms with Gasteiger partial charge in [0.25, 0.3) is 0 Å². The van der Waals surface area contributed by atoms with E-state index in [1.807, 2.05) is 0 Å². The molecule has 0 aromatic heterocycles. The van der Waals surface area contributed by atoms with Crippen molar-refractivity contribution in [1.82, 2.24) is 0 Å². The molecule has 4 aliphatic rings. The van der Waals surface area contributed by atoms with Crippen LogP contribution < -0.4 is 16.6 Å². The first-order valence-corrected chi connectivity index (χ1v) is 14.9. The standard InChI is InChI=1S/C31H47F2N3O2/c1-18(2)38-17-31-14-11-19(3)15-20(31)5-6-21-22-7-8-24(30(22,4)13-12-23(21)31)27(37)16-36(35)26-10-9-25(32)28(33)29(26)34/h9-10,18-24H,5-8,11-17,34-35H2,1-4H3. The first kappa shape index (κ1) is 27.8. The number of ether oxygens (including phenoxy) is 1. The van der Waals surface area contributed by atoms with Gasteiger partial charge in [0, 0.05) is 5.92 Å². The van der Waals surface area contributed by atoms with Gasteiger partial charge in [-0.2, -0.15) is 0 Å². The van der Waals surface area contributed by atoms with E-state index in [9.17, 15) is 13.6 Å². The number of hydrazine groups is 1. The fourth-order valence-corrected chi connectivity index (χ4v) is 9.57. The summed E-state index contributed by atoms with van der Waals surface area (Å²) in [6.07, 6.45) is 10.9. The van der Waals surface area contributed by atoms with E-state index >= 15 is 0 Å². The van der Waals surface area contributed by atoms with E-state index in [0.717, 1.165) is 50.2 Å². The second-order valence-electron chi connectivity index (χ2n) is 13.7. The molecule has 7 heteroatoms. The number of nitrogens with zero attached hydrogens (tertiary/aromatic N) is 1. The number of fused-ring (bicyclic) bond motifs is 5. The Hall–Kier alpha value is -1.73. The number of nitrogen functional groups attached to an aromatic ring is 1. The maximum atomic E-state index is 14.0. The molecule has 1 aromatic rings. The van der Waals surface area contributed by atoms with Crippen LogP contribution in [0.3, 0.4) is 0 Å². The molecular formula is C31H47F2N3O2. The van der Waals surface area contributed by atoms with Crippen LogP contribution in [0.2, 0.25) is 0 Å². The maximum absolute atomic E-state index is 14.0. The highest BCUT2D eigenvalue weighted by atomic mass is 19.2. The molecule has 0 radical (unpaired) electrons. The third-order valence-corrected chi connectivity index (χ3v) is 11.4. The number of anilines is 2. The molecule has 4 fully saturated rings. The number of hydrogen-bond donors (Lipinski definition) is 2. The predicted octanol–water partition coefficient (Wildman–Crippen LogP) is 6.50. The Bertz CT molecular complexity index is 1050. The molecule has 0 bridgehead atoms. The normalized spacial score (nSPS) is 38.4. The van der Waals surface area contributed by atoms with Gasteiger partial charge in [-0.15, -0.1) is 0 Å². The minimum Gasteiger partial charge on any atom is -0.395 e. The Morgan fingerprint density at radius 2 is 1.87 bits per heavy atom. The molecule has 4 aliphatic carbocycles. The van der Waals surface area contributed by atoms with Crippen LogP contribution in [-0.4, -0.2) is 25.0 Å². The lowest BCUT2D eigenvalue weighted by Gasteiger charge is -2.62. The molecule has 0 amide bonds. The van der Waals surface area contributed by atoms with E-state index in [1.54, 1.807) is 0 Å².